The Labute approximate surface area is 136 Å². The summed E-state index contributed by atoms with van der Waals surface area (Å²) >= 11 is 0. The summed E-state index contributed by atoms with van der Waals surface area (Å²) in [5.74, 6) is 0.420. The lowest BCUT2D eigenvalue weighted by molar-refractivity contribution is 0.0327. The Morgan fingerprint density at radius 2 is 2.17 bits per heavy atom. The quantitative estimate of drug-likeness (QED) is 0.859. The van der Waals surface area contributed by atoms with Crippen molar-refractivity contribution in [1.82, 2.24) is 15.1 Å². The SMILES string of the molecule is CC1CC=C(c2ccc3[nH]ncc3c2)N(C(=O)OC(C)(C)C)C1. The molecule has 23 heavy (non-hydrogen) atoms. The number of amides is 1. The molecule has 1 N–H and O–H groups in total. The first-order chi connectivity index (χ1) is 10.8. The number of hydrogen-bond donors (Lipinski definition) is 1. The van der Waals surface area contributed by atoms with E-state index in [1.165, 1.54) is 0 Å². The smallest absolute Gasteiger partial charge is 0.414 e. The summed E-state index contributed by atoms with van der Waals surface area (Å²) < 4.78 is 5.58. The first-order valence-electron chi connectivity index (χ1n) is 7.98. The van der Waals surface area contributed by atoms with Gasteiger partial charge in [0.15, 0.2) is 0 Å². The first kappa shape index (κ1) is 15.6. The molecule has 0 bridgehead atoms. The standard InChI is InChI=1S/C18H23N3O2/c1-12-5-8-16(21(11-12)17(22)23-18(2,3)4)13-6-7-15-14(9-13)10-19-20-15/h6-10,12H,5,11H2,1-4H3,(H,19,20). The average molecular weight is 313 g/mol. The van der Waals surface area contributed by atoms with E-state index in [-0.39, 0.29) is 6.09 Å². The summed E-state index contributed by atoms with van der Waals surface area (Å²) in [4.78, 5) is 14.4. The van der Waals surface area contributed by atoms with Crippen LogP contribution in [0, 0.1) is 5.92 Å². The van der Waals surface area contributed by atoms with Crippen molar-refractivity contribution in [3.05, 3.63) is 36.0 Å². The summed E-state index contributed by atoms with van der Waals surface area (Å²) in [6.45, 7) is 8.48. The highest BCUT2D eigenvalue weighted by Crippen LogP contribution is 2.30. The molecule has 0 saturated carbocycles. The topological polar surface area (TPSA) is 58.2 Å². The number of benzene rings is 1. The predicted molar refractivity (Wildman–Crippen MR) is 90.8 cm³/mol. The van der Waals surface area contributed by atoms with E-state index in [1.807, 2.05) is 32.9 Å². The Hall–Kier alpha value is -2.30. The van der Waals surface area contributed by atoms with Crippen molar-refractivity contribution in [3.8, 4) is 0 Å². The van der Waals surface area contributed by atoms with Crippen LogP contribution >= 0.6 is 0 Å². The molecule has 0 aliphatic carbocycles. The molecular weight excluding hydrogens is 290 g/mol. The normalized spacial score (nSPS) is 18.9. The van der Waals surface area contributed by atoms with E-state index in [9.17, 15) is 4.79 Å². The maximum absolute atomic E-state index is 12.6. The zero-order chi connectivity index (χ0) is 16.6. The number of allylic oxidation sites excluding steroid dienone is 1. The largest absolute Gasteiger partial charge is 0.443 e. The van der Waals surface area contributed by atoms with E-state index in [2.05, 4.69) is 29.3 Å². The number of H-pyrrole nitrogens is 1. The van der Waals surface area contributed by atoms with Crippen molar-refractivity contribution in [2.24, 2.45) is 5.92 Å². The fraction of sp³-hybridized carbons (Fsp3) is 0.444. The summed E-state index contributed by atoms with van der Waals surface area (Å²) in [6, 6.07) is 6.06. The van der Waals surface area contributed by atoms with Crippen molar-refractivity contribution in [2.45, 2.75) is 39.7 Å². The van der Waals surface area contributed by atoms with Gasteiger partial charge in [0.05, 0.1) is 17.4 Å². The lowest BCUT2D eigenvalue weighted by atomic mass is 9.98. The maximum Gasteiger partial charge on any atom is 0.414 e. The molecule has 1 amide bonds. The highest BCUT2D eigenvalue weighted by molar-refractivity contribution is 5.87. The molecule has 5 nitrogen and oxygen atoms in total. The van der Waals surface area contributed by atoms with Gasteiger partial charge >= 0.3 is 6.09 Å². The number of carbonyl (C=O) groups excluding carboxylic acids is 1. The zero-order valence-electron chi connectivity index (χ0n) is 14.1. The van der Waals surface area contributed by atoms with Crippen molar-refractivity contribution >= 4 is 22.7 Å². The van der Waals surface area contributed by atoms with Gasteiger partial charge in [-0.05, 0) is 50.8 Å². The van der Waals surface area contributed by atoms with E-state index in [4.69, 9.17) is 4.74 Å². The lowest BCUT2D eigenvalue weighted by Crippen LogP contribution is -2.39. The van der Waals surface area contributed by atoms with E-state index in [1.54, 1.807) is 11.1 Å². The minimum atomic E-state index is -0.503. The maximum atomic E-state index is 12.6. The molecule has 3 rings (SSSR count). The van der Waals surface area contributed by atoms with Gasteiger partial charge in [-0.25, -0.2) is 4.79 Å². The summed E-state index contributed by atoms with van der Waals surface area (Å²) in [7, 11) is 0. The van der Waals surface area contributed by atoms with Crippen LogP contribution in [0.25, 0.3) is 16.6 Å². The number of hydrogen-bond acceptors (Lipinski definition) is 3. The number of carbonyl (C=O) groups is 1. The van der Waals surface area contributed by atoms with Gasteiger partial charge in [-0.15, -0.1) is 0 Å². The van der Waals surface area contributed by atoms with Gasteiger partial charge in [-0.2, -0.15) is 5.10 Å². The third kappa shape index (κ3) is 3.38. The third-order valence-corrected chi connectivity index (χ3v) is 3.85. The Bertz CT molecular complexity index is 755. The van der Waals surface area contributed by atoms with Crippen LogP contribution < -0.4 is 0 Å². The predicted octanol–water partition coefficient (Wildman–Crippen LogP) is 4.18. The van der Waals surface area contributed by atoms with E-state index >= 15 is 0 Å². The van der Waals surface area contributed by atoms with Crippen molar-refractivity contribution in [3.63, 3.8) is 0 Å². The highest BCUT2D eigenvalue weighted by Gasteiger charge is 2.29. The highest BCUT2D eigenvalue weighted by atomic mass is 16.6. The van der Waals surface area contributed by atoms with Crippen LogP contribution in [0.3, 0.4) is 0 Å². The van der Waals surface area contributed by atoms with Crippen molar-refractivity contribution in [2.75, 3.05) is 6.54 Å². The van der Waals surface area contributed by atoms with E-state index < -0.39 is 5.60 Å². The molecule has 1 aliphatic heterocycles. The van der Waals surface area contributed by atoms with Gasteiger partial charge in [0.2, 0.25) is 0 Å². The van der Waals surface area contributed by atoms with E-state index in [0.29, 0.717) is 12.5 Å². The second kappa shape index (κ2) is 5.72. The molecule has 0 fully saturated rings. The first-order valence-corrected chi connectivity index (χ1v) is 7.98. The Morgan fingerprint density at radius 1 is 1.39 bits per heavy atom. The van der Waals surface area contributed by atoms with Crippen LogP contribution in [0.15, 0.2) is 30.5 Å². The zero-order valence-corrected chi connectivity index (χ0v) is 14.1. The van der Waals surface area contributed by atoms with Gasteiger partial charge in [0, 0.05) is 11.9 Å². The number of nitrogens with zero attached hydrogens (tertiary/aromatic N) is 2. The number of rotatable bonds is 1. The molecule has 5 heteroatoms. The fourth-order valence-electron chi connectivity index (χ4n) is 2.77. The minimum absolute atomic E-state index is 0.289. The van der Waals surface area contributed by atoms with Crippen LogP contribution in [-0.4, -0.2) is 33.3 Å². The Kier molecular flexibility index (Phi) is 3.88. The van der Waals surface area contributed by atoms with Crippen LogP contribution in [-0.2, 0) is 4.74 Å². The summed E-state index contributed by atoms with van der Waals surface area (Å²) in [6.07, 6.45) is 4.59. The van der Waals surface area contributed by atoms with Crippen LogP contribution in [0.5, 0.6) is 0 Å². The summed E-state index contributed by atoms with van der Waals surface area (Å²) in [5.41, 5.74) is 2.41. The second-order valence-corrected chi connectivity index (χ2v) is 7.19. The van der Waals surface area contributed by atoms with Crippen molar-refractivity contribution < 1.29 is 9.53 Å². The Morgan fingerprint density at radius 3 is 2.91 bits per heavy atom. The van der Waals surface area contributed by atoms with Gasteiger partial charge in [0.1, 0.15) is 5.60 Å². The lowest BCUT2D eigenvalue weighted by Gasteiger charge is -2.33. The summed E-state index contributed by atoms with van der Waals surface area (Å²) in [5, 5.41) is 8.03. The molecule has 1 aromatic carbocycles. The molecule has 1 aliphatic rings. The molecule has 2 heterocycles. The molecule has 1 unspecified atom stereocenters. The van der Waals surface area contributed by atoms with Crippen LogP contribution in [0.4, 0.5) is 4.79 Å². The monoisotopic (exact) mass is 313 g/mol. The number of nitrogens with one attached hydrogen (secondary N) is 1. The number of ether oxygens (including phenoxy) is 1. The van der Waals surface area contributed by atoms with Crippen molar-refractivity contribution in [1.29, 1.82) is 0 Å². The molecule has 0 spiro atoms. The number of aromatic nitrogens is 2. The third-order valence-electron chi connectivity index (χ3n) is 3.85. The van der Waals surface area contributed by atoms with Gasteiger partial charge in [-0.1, -0.05) is 19.1 Å². The molecular formula is C18H23N3O2. The van der Waals surface area contributed by atoms with Gasteiger partial charge in [0.25, 0.3) is 0 Å². The molecule has 0 saturated heterocycles. The molecule has 1 aromatic heterocycles. The molecule has 122 valence electrons. The molecule has 0 radical (unpaired) electrons. The Balaban J connectivity index is 1.95. The van der Waals surface area contributed by atoms with Gasteiger partial charge < -0.3 is 4.74 Å². The van der Waals surface area contributed by atoms with Gasteiger partial charge in [-0.3, -0.25) is 10.00 Å². The second-order valence-electron chi connectivity index (χ2n) is 7.19. The van der Waals surface area contributed by atoms with Crippen LogP contribution in [0.1, 0.15) is 39.7 Å². The average Bonchev–Trinajstić information content (AvgIpc) is 2.92. The molecule has 1 atom stereocenters. The van der Waals surface area contributed by atoms with E-state index in [0.717, 1.165) is 28.6 Å². The fourth-order valence-corrected chi connectivity index (χ4v) is 2.77. The number of fused-ring (bicyclic) bond motifs is 1. The van der Waals surface area contributed by atoms with Crippen LogP contribution in [0.2, 0.25) is 0 Å². The number of aromatic amines is 1. The minimum Gasteiger partial charge on any atom is -0.443 e. The molecule has 2 aromatic rings.